The van der Waals surface area contributed by atoms with Gasteiger partial charge in [-0.3, -0.25) is 4.40 Å². The number of halogens is 4. The van der Waals surface area contributed by atoms with E-state index in [2.05, 4.69) is 4.98 Å². The Morgan fingerprint density at radius 3 is 2.41 bits per heavy atom. The van der Waals surface area contributed by atoms with Crippen LogP contribution in [0.3, 0.4) is 0 Å². The summed E-state index contributed by atoms with van der Waals surface area (Å²) in [5.41, 5.74) is -2.24. The van der Waals surface area contributed by atoms with Gasteiger partial charge < -0.3 is 9.67 Å². The van der Waals surface area contributed by atoms with E-state index in [0.29, 0.717) is 27.8 Å². The Hall–Kier alpha value is -3.65. The fourth-order valence-corrected chi connectivity index (χ4v) is 4.14. The Morgan fingerprint density at radius 2 is 1.69 bits per heavy atom. The molecule has 0 aliphatic heterocycles. The van der Waals surface area contributed by atoms with E-state index in [1.807, 2.05) is 0 Å². The van der Waals surface area contributed by atoms with Crippen molar-refractivity contribution >= 4 is 16.4 Å². The molecule has 3 heterocycles. The van der Waals surface area contributed by atoms with Crippen LogP contribution in [0, 0.1) is 5.82 Å². The van der Waals surface area contributed by atoms with E-state index in [-0.39, 0.29) is 11.1 Å². The monoisotopic (exact) mass is 439 g/mol. The van der Waals surface area contributed by atoms with Crippen LogP contribution in [0.4, 0.5) is 17.6 Å². The van der Waals surface area contributed by atoms with Crippen LogP contribution in [0.5, 0.6) is 0 Å². The molecule has 0 spiro atoms. The zero-order chi connectivity index (χ0) is 22.7. The summed E-state index contributed by atoms with van der Waals surface area (Å²) in [6, 6.07) is 14.8. The van der Waals surface area contributed by atoms with Crippen molar-refractivity contribution in [1.29, 1.82) is 0 Å². The van der Waals surface area contributed by atoms with Gasteiger partial charge in [-0.1, -0.05) is 18.2 Å². The molecule has 0 aliphatic rings. The number of para-hydroxylation sites is 1. The van der Waals surface area contributed by atoms with Crippen LogP contribution >= 0.6 is 0 Å². The van der Waals surface area contributed by atoms with Crippen molar-refractivity contribution in [2.75, 3.05) is 0 Å². The number of rotatable bonds is 3. The lowest BCUT2D eigenvalue weighted by molar-refractivity contribution is -0.247. The molecule has 0 amide bonds. The number of hydrogen-bond acceptors (Lipinski definition) is 2. The lowest BCUT2D eigenvalue weighted by Crippen LogP contribution is -2.43. The number of alkyl halides is 3. The van der Waals surface area contributed by atoms with E-state index < -0.39 is 17.6 Å². The Bertz CT molecular complexity index is 1450. The summed E-state index contributed by atoms with van der Waals surface area (Å²) in [5, 5.41) is 11.5. The average Bonchev–Trinajstić information content (AvgIpc) is 3.34. The molecule has 0 bridgehead atoms. The number of aromatic nitrogens is 3. The lowest BCUT2D eigenvalue weighted by Gasteiger charge is -2.31. The zero-order valence-corrected chi connectivity index (χ0v) is 16.8. The predicted molar refractivity (Wildman–Crippen MR) is 113 cm³/mol. The first-order valence-corrected chi connectivity index (χ1v) is 9.77. The SMILES string of the molecule is Cn1cc(C(O)(c2ccn3c(-c4ccc(F)cc4)ncc3c2)C(F)(F)F)c2ccccc21. The minimum atomic E-state index is -4.98. The molecule has 4 nitrogen and oxygen atoms in total. The van der Waals surface area contributed by atoms with Gasteiger partial charge in [-0.25, -0.2) is 9.37 Å². The van der Waals surface area contributed by atoms with Gasteiger partial charge >= 0.3 is 6.18 Å². The number of pyridine rings is 1. The van der Waals surface area contributed by atoms with Crippen molar-refractivity contribution in [2.45, 2.75) is 11.8 Å². The second kappa shape index (κ2) is 6.93. The number of fused-ring (bicyclic) bond motifs is 2. The van der Waals surface area contributed by atoms with Crippen molar-refractivity contribution in [3.05, 3.63) is 96.2 Å². The summed E-state index contributed by atoms with van der Waals surface area (Å²) in [7, 11) is 1.64. The zero-order valence-electron chi connectivity index (χ0n) is 16.8. The minimum absolute atomic E-state index is 0.245. The smallest absolute Gasteiger partial charge is 0.372 e. The molecule has 1 unspecified atom stereocenters. The highest BCUT2D eigenvalue weighted by Crippen LogP contribution is 2.47. The first-order valence-electron chi connectivity index (χ1n) is 9.77. The highest BCUT2D eigenvalue weighted by Gasteiger charge is 2.57. The van der Waals surface area contributed by atoms with Gasteiger partial charge in [0.05, 0.1) is 11.7 Å². The molecule has 0 saturated heterocycles. The van der Waals surface area contributed by atoms with Gasteiger partial charge in [-0.05, 0) is 42.5 Å². The molecule has 1 N–H and O–H groups in total. The normalized spacial score (nSPS) is 14.2. The number of aliphatic hydroxyl groups is 1. The van der Waals surface area contributed by atoms with Gasteiger partial charge in [0.1, 0.15) is 11.6 Å². The highest BCUT2D eigenvalue weighted by atomic mass is 19.4. The molecular formula is C24H17F4N3O. The Balaban J connectivity index is 1.71. The van der Waals surface area contributed by atoms with Gasteiger partial charge in [-0.2, -0.15) is 13.2 Å². The largest absolute Gasteiger partial charge is 0.425 e. The quantitative estimate of drug-likeness (QED) is 0.381. The highest BCUT2D eigenvalue weighted by molar-refractivity contribution is 5.85. The van der Waals surface area contributed by atoms with Gasteiger partial charge in [0.2, 0.25) is 5.60 Å². The van der Waals surface area contributed by atoms with Crippen molar-refractivity contribution in [1.82, 2.24) is 14.0 Å². The predicted octanol–water partition coefficient (Wildman–Crippen LogP) is 5.43. The molecule has 32 heavy (non-hydrogen) atoms. The molecule has 162 valence electrons. The van der Waals surface area contributed by atoms with Crippen molar-refractivity contribution in [3.8, 4) is 11.4 Å². The molecule has 8 heteroatoms. The number of aryl methyl sites for hydroxylation is 1. The molecule has 0 fully saturated rings. The van der Waals surface area contributed by atoms with Gasteiger partial charge in [0.15, 0.2) is 0 Å². The number of benzene rings is 2. The molecule has 5 rings (SSSR count). The van der Waals surface area contributed by atoms with E-state index in [1.54, 1.807) is 52.4 Å². The number of hydrogen-bond donors (Lipinski definition) is 1. The third-order valence-electron chi connectivity index (χ3n) is 5.75. The minimum Gasteiger partial charge on any atom is -0.372 e. The van der Waals surface area contributed by atoms with Crippen molar-refractivity contribution < 1.29 is 22.7 Å². The lowest BCUT2D eigenvalue weighted by atomic mass is 9.85. The molecule has 1 atom stereocenters. The Labute approximate surface area is 180 Å². The molecule has 0 radical (unpaired) electrons. The van der Waals surface area contributed by atoms with Gasteiger partial charge in [-0.15, -0.1) is 0 Å². The van der Waals surface area contributed by atoms with Crippen molar-refractivity contribution in [3.63, 3.8) is 0 Å². The van der Waals surface area contributed by atoms with Crippen LogP contribution in [0.25, 0.3) is 27.8 Å². The maximum atomic E-state index is 14.4. The van der Waals surface area contributed by atoms with Crippen LogP contribution in [0.15, 0.2) is 79.3 Å². The number of imidazole rings is 1. The Kier molecular flexibility index (Phi) is 4.39. The van der Waals surface area contributed by atoms with Gasteiger partial charge in [0.25, 0.3) is 0 Å². The molecule has 5 aromatic rings. The molecule has 2 aromatic carbocycles. The second-order valence-corrected chi connectivity index (χ2v) is 7.68. The topological polar surface area (TPSA) is 42.5 Å². The third-order valence-corrected chi connectivity index (χ3v) is 5.75. The van der Waals surface area contributed by atoms with E-state index in [0.717, 1.165) is 0 Å². The summed E-state index contributed by atoms with van der Waals surface area (Å²) >= 11 is 0. The van der Waals surface area contributed by atoms with Crippen molar-refractivity contribution in [2.24, 2.45) is 7.05 Å². The molecular weight excluding hydrogens is 422 g/mol. The summed E-state index contributed by atoms with van der Waals surface area (Å²) in [6.07, 6.45) is -0.821. The van der Waals surface area contributed by atoms with E-state index in [9.17, 15) is 22.7 Å². The first kappa shape index (κ1) is 20.3. The van der Waals surface area contributed by atoms with Crippen LogP contribution in [0.2, 0.25) is 0 Å². The average molecular weight is 439 g/mol. The third kappa shape index (κ3) is 2.90. The summed E-state index contributed by atoms with van der Waals surface area (Å²) in [5.74, 6) is 0.0505. The van der Waals surface area contributed by atoms with Crippen LogP contribution < -0.4 is 0 Å². The fourth-order valence-electron chi connectivity index (χ4n) is 4.14. The fraction of sp³-hybridized carbons (Fsp3) is 0.125. The maximum absolute atomic E-state index is 14.4. The summed E-state index contributed by atoms with van der Waals surface area (Å²) in [6.45, 7) is 0. The molecule has 0 aliphatic carbocycles. The molecule has 3 aromatic heterocycles. The van der Waals surface area contributed by atoms with E-state index in [4.69, 9.17) is 0 Å². The van der Waals surface area contributed by atoms with Crippen LogP contribution in [0.1, 0.15) is 11.1 Å². The number of nitrogens with zero attached hydrogens (tertiary/aromatic N) is 3. The maximum Gasteiger partial charge on any atom is 0.425 e. The van der Waals surface area contributed by atoms with Crippen LogP contribution in [-0.2, 0) is 12.6 Å². The summed E-state index contributed by atoms with van der Waals surface area (Å²) in [4.78, 5) is 4.28. The van der Waals surface area contributed by atoms with E-state index >= 15 is 0 Å². The van der Waals surface area contributed by atoms with Crippen LogP contribution in [-0.4, -0.2) is 25.2 Å². The first-order chi connectivity index (χ1) is 15.2. The Morgan fingerprint density at radius 1 is 0.969 bits per heavy atom. The standard InChI is InChI=1S/C24H17F4N3O/c1-30-14-20(19-4-2-3-5-21(19)30)23(32,24(26,27)28)16-10-11-31-18(12-16)13-29-22(31)15-6-8-17(25)9-7-15/h2-14,32H,1H3. The molecule has 0 saturated carbocycles. The second-order valence-electron chi connectivity index (χ2n) is 7.68. The van der Waals surface area contributed by atoms with Gasteiger partial charge in [0, 0.05) is 47.0 Å². The van der Waals surface area contributed by atoms with E-state index in [1.165, 1.54) is 42.9 Å². The summed E-state index contributed by atoms with van der Waals surface area (Å²) < 4.78 is 59.6.